The lowest BCUT2D eigenvalue weighted by molar-refractivity contribution is -0.160. The molecule has 0 radical (unpaired) electrons. The fourth-order valence-electron chi connectivity index (χ4n) is 2.63. The van der Waals surface area contributed by atoms with Crippen molar-refractivity contribution in [3.05, 3.63) is 41.7 Å². The van der Waals surface area contributed by atoms with Gasteiger partial charge in [-0.25, -0.2) is 4.79 Å². The molecular weight excluding hydrogens is 266 g/mol. The van der Waals surface area contributed by atoms with E-state index in [-0.39, 0.29) is 6.42 Å². The van der Waals surface area contributed by atoms with E-state index in [2.05, 4.69) is 10.8 Å². The Bertz CT molecular complexity index is 689. The van der Waals surface area contributed by atoms with Crippen LogP contribution >= 0.6 is 0 Å². The number of pyridine rings is 1. The van der Waals surface area contributed by atoms with Gasteiger partial charge in [0.2, 0.25) is 0 Å². The molecule has 1 aromatic heterocycles. The number of ether oxygens (including phenoxy) is 1. The van der Waals surface area contributed by atoms with Crippen LogP contribution in [0.25, 0.3) is 10.8 Å². The molecule has 1 aliphatic carbocycles. The molecule has 1 heterocycles. The summed E-state index contributed by atoms with van der Waals surface area (Å²) in [5.41, 5.74) is 0.252. The third kappa shape index (κ3) is 2.76. The second kappa shape index (κ2) is 5.11. The number of methoxy groups -OCH3 is 1. The first-order valence-corrected chi connectivity index (χ1v) is 7.20. The molecular formula is C17H19NO3. The molecule has 2 aromatic rings. The molecule has 1 aliphatic rings. The van der Waals surface area contributed by atoms with Crippen LogP contribution in [0.1, 0.15) is 37.1 Å². The Hall–Kier alpha value is -1.94. The lowest BCUT2D eigenvalue weighted by Crippen LogP contribution is -2.38. The molecule has 1 aromatic carbocycles. The Morgan fingerprint density at radius 2 is 2.14 bits per heavy atom. The van der Waals surface area contributed by atoms with Gasteiger partial charge in [0.1, 0.15) is 0 Å². The smallest absolute Gasteiger partial charge is 0.337 e. The lowest BCUT2D eigenvalue weighted by Gasteiger charge is -2.21. The van der Waals surface area contributed by atoms with E-state index in [1.54, 1.807) is 0 Å². The highest BCUT2D eigenvalue weighted by Crippen LogP contribution is 2.40. The molecule has 0 bridgehead atoms. The van der Waals surface area contributed by atoms with E-state index in [0.717, 1.165) is 35.0 Å². The Morgan fingerprint density at radius 3 is 2.81 bits per heavy atom. The van der Waals surface area contributed by atoms with Crippen LogP contribution in [0.2, 0.25) is 0 Å². The fourth-order valence-corrected chi connectivity index (χ4v) is 2.63. The predicted molar refractivity (Wildman–Crippen MR) is 80.1 cm³/mol. The first kappa shape index (κ1) is 14.0. The molecule has 0 amide bonds. The summed E-state index contributed by atoms with van der Waals surface area (Å²) in [5.74, 6) is -0.110. The van der Waals surface area contributed by atoms with Crippen LogP contribution in [-0.4, -0.2) is 28.8 Å². The van der Waals surface area contributed by atoms with Crippen molar-refractivity contribution in [2.75, 3.05) is 7.11 Å². The number of fused-ring (bicyclic) bond motifs is 1. The summed E-state index contributed by atoms with van der Waals surface area (Å²) in [6.45, 7) is 1.47. The molecule has 1 N–H and O–H groups in total. The Labute approximate surface area is 123 Å². The van der Waals surface area contributed by atoms with Crippen LogP contribution in [0.15, 0.2) is 30.3 Å². The summed E-state index contributed by atoms with van der Waals surface area (Å²) in [6.07, 6.45) is 2.48. The maximum atomic E-state index is 11.7. The largest absolute Gasteiger partial charge is 0.467 e. The average Bonchev–Trinajstić information content (AvgIpc) is 3.30. The highest BCUT2D eigenvalue weighted by Gasteiger charge is 2.34. The van der Waals surface area contributed by atoms with Crippen molar-refractivity contribution in [2.24, 2.45) is 0 Å². The summed E-state index contributed by atoms with van der Waals surface area (Å²) >= 11 is 0. The maximum Gasteiger partial charge on any atom is 0.337 e. The van der Waals surface area contributed by atoms with Gasteiger partial charge in [0, 0.05) is 23.4 Å². The van der Waals surface area contributed by atoms with Crippen LogP contribution in [0.5, 0.6) is 0 Å². The molecule has 4 nitrogen and oxygen atoms in total. The summed E-state index contributed by atoms with van der Waals surface area (Å²) in [7, 11) is 1.28. The van der Waals surface area contributed by atoms with E-state index >= 15 is 0 Å². The van der Waals surface area contributed by atoms with Crippen molar-refractivity contribution >= 4 is 16.7 Å². The molecule has 1 fully saturated rings. The van der Waals surface area contributed by atoms with Crippen LogP contribution in [0.3, 0.4) is 0 Å². The van der Waals surface area contributed by atoms with Crippen molar-refractivity contribution < 1.29 is 14.6 Å². The average molecular weight is 285 g/mol. The highest BCUT2D eigenvalue weighted by molar-refractivity contribution is 5.86. The predicted octanol–water partition coefficient (Wildman–Crippen LogP) is 2.58. The van der Waals surface area contributed by atoms with E-state index in [1.165, 1.54) is 14.0 Å². The molecule has 1 atom stereocenters. The van der Waals surface area contributed by atoms with Crippen LogP contribution in [0, 0.1) is 0 Å². The van der Waals surface area contributed by atoms with Gasteiger partial charge in [0.15, 0.2) is 5.60 Å². The topological polar surface area (TPSA) is 59.4 Å². The Kier molecular flexibility index (Phi) is 3.41. The van der Waals surface area contributed by atoms with Gasteiger partial charge in [0.25, 0.3) is 0 Å². The summed E-state index contributed by atoms with van der Waals surface area (Å²) in [5, 5.41) is 12.4. The van der Waals surface area contributed by atoms with E-state index in [4.69, 9.17) is 4.98 Å². The van der Waals surface area contributed by atoms with E-state index < -0.39 is 11.6 Å². The SMILES string of the molecule is COC(=O)C(C)(O)Cc1nc(C2CC2)cc2ccccc12. The van der Waals surface area contributed by atoms with Gasteiger partial charge in [-0.2, -0.15) is 0 Å². The number of hydrogen-bond donors (Lipinski definition) is 1. The first-order valence-electron chi connectivity index (χ1n) is 7.20. The number of aromatic nitrogens is 1. The van der Waals surface area contributed by atoms with E-state index in [1.807, 2.05) is 24.3 Å². The van der Waals surface area contributed by atoms with E-state index in [0.29, 0.717) is 5.92 Å². The van der Waals surface area contributed by atoms with Gasteiger partial charge in [-0.3, -0.25) is 4.98 Å². The second-order valence-corrected chi connectivity index (χ2v) is 5.93. The van der Waals surface area contributed by atoms with Crippen LogP contribution < -0.4 is 0 Å². The van der Waals surface area contributed by atoms with Crippen molar-refractivity contribution in [1.29, 1.82) is 0 Å². The number of esters is 1. The maximum absolute atomic E-state index is 11.7. The van der Waals surface area contributed by atoms with Gasteiger partial charge >= 0.3 is 5.97 Å². The highest BCUT2D eigenvalue weighted by atomic mass is 16.5. The number of carbonyl (C=O) groups excluding carboxylic acids is 1. The first-order chi connectivity index (χ1) is 10.0. The molecule has 0 saturated heterocycles. The number of carbonyl (C=O) groups is 1. The fraction of sp³-hybridized carbons (Fsp3) is 0.412. The van der Waals surface area contributed by atoms with Gasteiger partial charge in [-0.05, 0) is 31.2 Å². The zero-order chi connectivity index (χ0) is 15.0. The Balaban J connectivity index is 2.05. The quantitative estimate of drug-likeness (QED) is 0.877. The van der Waals surface area contributed by atoms with E-state index in [9.17, 15) is 9.90 Å². The zero-order valence-corrected chi connectivity index (χ0v) is 12.3. The van der Waals surface area contributed by atoms with Gasteiger partial charge in [-0.15, -0.1) is 0 Å². The standard InChI is InChI=1S/C17H19NO3/c1-17(20,16(19)21-2)10-15-13-6-4-3-5-12(13)9-14(18-15)11-7-8-11/h3-6,9,11,20H,7-8,10H2,1-2H3. The molecule has 110 valence electrons. The van der Waals surface area contributed by atoms with Crippen molar-refractivity contribution in [3.8, 4) is 0 Å². The van der Waals surface area contributed by atoms with Crippen LogP contribution in [0.4, 0.5) is 0 Å². The molecule has 0 spiro atoms. The number of hydrogen-bond acceptors (Lipinski definition) is 4. The number of benzene rings is 1. The molecule has 21 heavy (non-hydrogen) atoms. The monoisotopic (exact) mass is 285 g/mol. The Morgan fingerprint density at radius 1 is 1.43 bits per heavy atom. The van der Waals surface area contributed by atoms with Crippen LogP contribution in [-0.2, 0) is 16.0 Å². The zero-order valence-electron chi connectivity index (χ0n) is 12.3. The second-order valence-electron chi connectivity index (χ2n) is 5.93. The van der Waals surface area contributed by atoms with Gasteiger partial charge in [-0.1, -0.05) is 24.3 Å². The molecule has 4 heteroatoms. The van der Waals surface area contributed by atoms with Crippen molar-refractivity contribution in [2.45, 2.75) is 37.7 Å². The molecule has 0 aliphatic heterocycles. The minimum atomic E-state index is -1.56. The molecule has 1 saturated carbocycles. The van der Waals surface area contributed by atoms with Crippen molar-refractivity contribution in [3.63, 3.8) is 0 Å². The summed E-state index contributed by atoms with van der Waals surface area (Å²) < 4.78 is 4.67. The summed E-state index contributed by atoms with van der Waals surface area (Å²) in [4.78, 5) is 16.4. The lowest BCUT2D eigenvalue weighted by atomic mass is 9.96. The molecule has 1 unspecified atom stereocenters. The third-order valence-electron chi connectivity index (χ3n) is 3.97. The molecule has 3 rings (SSSR count). The minimum absolute atomic E-state index is 0.154. The number of rotatable bonds is 4. The van der Waals surface area contributed by atoms with Gasteiger partial charge < -0.3 is 9.84 Å². The number of nitrogens with zero attached hydrogens (tertiary/aromatic N) is 1. The normalized spacial score (nSPS) is 17.5. The van der Waals surface area contributed by atoms with Gasteiger partial charge in [0.05, 0.1) is 12.8 Å². The third-order valence-corrected chi connectivity index (χ3v) is 3.97. The van der Waals surface area contributed by atoms with Crippen molar-refractivity contribution in [1.82, 2.24) is 4.98 Å². The summed E-state index contributed by atoms with van der Waals surface area (Å²) in [6, 6.07) is 10.1. The minimum Gasteiger partial charge on any atom is -0.467 e. The number of aliphatic hydroxyl groups is 1.